The highest BCUT2D eigenvalue weighted by molar-refractivity contribution is 6.04. The van der Waals surface area contributed by atoms with Gasteiger partial charge in [-0.15, -0.1) is 0 Å². The molecule has 0 bridgehead atoms. The van der Waals surface area contributed by atoms with E-state index < -0.39 is 12.0 Å². The van der Waals surface area contributed by atoms with E-state index >= 15 is 0 Å². The second-order valence-electron chi connectivity index (χ2n) is 6.04. The average molecular weight is 366 g/mol. The van der Waals surface area contributed by atoms with Crippen LogP contribution in [0.1, 0.15) is 17.4 Å². The lowest BCUT2D eigenvalue weighted by Gasteiger charge is -2.23. The molecule has 0 fully saturated rings. The highest BCUT2D eigenvalue weighted by atomic mass is 19.1. The maximum Gasteiger partial charge on any atom is 0.274 e. The number of carbonyl (C=O) groups excluding carboxylic acids is 2. The largest absolute Gasteiger partial charge is 0.479 e. The Morgan fingerprint density at radius 1 is 1.26 bits per heavy atom. The first kappa shape index (κ1) is 16.8. The number of halogens is 1. The van der Waals surface area contributed by atoms with E-state index in [0.29, 0.717) is 22.8 Å². The molecule has 3 aromatic rings. The van der Waals surface area contributed by atoms with E-state index in [1.54, 1.807) is 41.8 Å². The maximum atomic E-state index is 13.1. The summed E-state index contributed by atoms with van der Waals surface area (Å²) in [5.74, 6) is -0.470. The molecule has 1 aliphatic rings. The molecule has 1 aliphatic heterocycles. The van der Waals surface area contributed by atoms with Crippen molar-refractivity contribution in [3.05, 3.63) is 66.5 Å². The third-order valence-electron chi connectivity index (χ3n) is 4.14. The average Bonchev–Trinajstić information content (AvgIpc) is 3.13. The fourth-order valence-corrected chi connectivity index (χ4v) is 2.75. The summed E-state index contributed by atoms with van der Waals surface area (Å²) >= 11 is 0. The summed E-state index contributed by atoms with van der Waals surface area (Å²) in [6.45, 7) is 1.66. The van der Waals surface area contributed by atoms with E-state index in [9.17, 15) is 14.0 Å². The molecule has 8 heteroatoms. The Morgan fingerprint density at radius 2 is 2.04 bits per heavy atom. The van der Waals surface area contributed by atoms with Crippen LogP contribution in [-0.2, 0) is 4.79 Å². The van der Waals surface area contributed by atoms with Gasteiger partial charge in [-0.1, -0.05) is 0 Å². The van der Waals surface area contributed by atoms with Crippen LogP contribution in [0.3, 0.4) is 0 Å². The summed E-state index contributed by atoms with van der Waals surface area (Å²) in [6, 6.07) is 10.7. The summed E-state index contributed by atoms with van der Waals surface area (Å²) in [7, 11) is 0. The van der Waals surface area contributed by atoms with Crippen LogP contribution in [0.2, 0.25) is 0 Å². The Labute approximate surface area is 153 Å². The molecule has 0 radical (unpaired) electrons. The van der Waals surface area contributed by atoms with Gasteiger partial charge in [0, 0.05) is 11.4 Å². The minimum Gasteiger partial charge on any atom is -0.479 e. The monoisotopic (exact) mass is 366 g/mol. The molecule has 4 rings (SSSR count). The van der Waals surface area contributed by atoms with Gasteiger partial charge >= 0.3 is 0 Å². The number of amides is 2. The molecule has 27 heavy (non-hydrogen) atoms. The SMILES string of the molecule is CC1Oc2ccc(NC(=O)c3cncn3-c3ccc(F)cc3)cc2NC1=O. The van der Waals surface area contributed by atoms with E-state index in [1.807, 2.05) is 0 Å². The second-order valence-corrected chi connectivity index (χ2v) is 6.04. The molecule has 136 valence electrons. The van der Waals surface area contributed by atoms with E-state index in [1.165, 1.54) is 24.7 Å². The predicted molar refractivity (Wildman–Crippen MR) is 96.6 cm³/mol. The summed E-state index contributed by atoms with van der Waals surface area (Å²) in [5, 5.41) is 5.49. The number of nitrogens with one attached hydrogen (secondary N) is 2. The van der Waals surface area contributed by atoms with Crippen molar-refractivity contribution >= 4 is 23.2 Å². The number of rotatable bonds is 3. The molecule has 1 unspecified atom stereocenters. The quantitative estimate of drug-likeness (QED) is 0.746. The van der Waals surface area contributed by atoms with Gasteiger partial charge in [0.1, 0.15) is 17.3 Å². The van der Waals surface area contributed by atoms with Gasteiger partial charge in [0.15, 0.2) is 6.10 Å². The van der Waals surface area contributed by atoms with Crippen LogP contribution < -0.4 is 15.4 Å². The number of hydrogen-bond acceptors (Lipinski definition) is 4. The first-order valence-corrected chi connectivity index (χ1v) is 8.22. The summed E-state index contributed by atoms with van der Waals surface area (Å²) in [6.07, 6.45) is 2.33. The molecule has 1 aromatic heterocycles. The predicted octanol–water partition coefficient (Wildman–Crippen LogP) is 2.98. The summed E-state index contributed by atoms with van der Waals surface area (Å²) in [5.41, 5.74) is 1.87. The van der Waals surface area contributed by atoms with Crippen molar-refractivity contribution in [1.29, 1.82) is 0 Å². The zero-order valence-electron chi connectivity index (χ0n) is 14.3. The van der Waals surface area contributed by atoms with Crippen molar-refractivity contribution in [1.82, 2.24) is 9.55 Å². The van der Waals surface area contributed by atoms with Gasteiger partial charge in [0.2, 0.25) is 0 Å². The van der Waals surface area contributed by atoms with Crippen LogP contribution >= 0.6 is 0 Å². The summed E-state index contributed by atoms with van der Waals surface area (Å²) < 4.78 is 20.2. The lowest BCUT2D eigenvalue weighted by Crippen LogP contribution is -2.34. The Hall–Kier alpha value is -3.68. The first-order valence-electron chi connectivity index (χ1n) is 8.22. The van der Waals surface area contributed by atoms with Crippen molar-refractivity contribution in [3.63, 3.8) is 0 Å². The Bertz CT molecular complexity index is 1030. The van der Waals surface area contributed by atoms with Crippen molar-refractivity contribution in [2.75, 3.05) is 10.6 Å². The van der Waals surface area contributed by atoms with Gasteiger partial charge in [-0.2, -0.15) is 0 Å². The van der Waals surface area contributed by atoms with E-state index in [0.717, 1.165) is 0 Å². The minimum atomic E-state index is -0.567. The van der Waals surface area contributed by atoms with Gasteiger partial charge in [-0.3, -0.25) is 14.2 Å². The summed E-state index contributed by atoms with van der Waals surface area (Å²) in [4.78, 5) is 28.4. The number of hydrogen-bond donors (Lipinski definition) is 2. The molecule has 0 aliphatic carbocycles. The van der Waals surface area contributed by atoms with E-state index in [-0.39, 0.29) is 17.4 Å². The van der Waals surface area contributed by atoms with Crippen LogP contribution in [0, 0.1) is 5.82 Å². The molecule has 1 atom stereocenters. The van der Waals surface area contributed by atoms with Gasteiger partial charge in [-0.25, -0.2) is 9.37 Å². The molecule has 2 heterocycles. The second kappa shape index (κ2) is 6.56. The fourth-order valence-electron chi connectivity index (χ4n) is 2.75. The first-order chi connectivity index (χ1) is 13.0. The number of fused-ring (bicyclic) bond motifs is 1. The maximum absolute atomic E-state index is 13.1. The highest BCUT2D eigenvalue weighted by Crippen LogP contribution is 2.32. The molecule has 2 N–H and O–H groups in total. The molecular weight excluding hydrogens is 351 g/mol. The molecule has 0 saturated heterocycles. The molecule has 2 aromatic carbocycles. The molecule has 2 amide bonds. The fraction of sp³-hybridized carbons (Fsp3) is 0.105. The molecular formula is C19H15FN4O3. The minimum absolute atomic E-state index is 0.250. The standard InChI is InChI=1S/C19H15FN4O3/c1-11-18(25)23-15-8-13(4-7-17(15)27-11)22-19(26)16-9-21-10-24(16)14-5-2-12(20)3-6-14/h2-11H,1H3,(H,22,26)(H,23,25). The third kappa shape index (κ3) is 3.24. The van der Waals surface area contributed by atoms with Gasteiger partial charge in [0.25, 0.3) is 11.8 Å². The van der Waals surface area contributed by atoms with Crippen molar-refractivity contribution in [2.24, 2.45) is 0 Å². The van der Waals surface area contributed by atoms with Gasteiger partial charge in [0.05, 0.1) is 18.2 Å². The number of aromatic nitrogens is 2. The smallest absolute Gasteiger partial charge is 0.274 e. The zero-order valence-corrected chi connectivity index (χ0v) is 14.3. The normalized spacial score (nSPS) is 15.5. The number of benzene rings is 2. The van der Waals surface area contributed by atoms with Crippen LogP contribution in [-0.4, -0.2) is 27.5 Å². The van der Waals surface area contributed by atoms with E-state index in [4.69, 9.17) is 4.74 Å². The van der Waals surface area contributed by atoms with Crippen LogP contribution in [0.25, 0.3) is 5.69 Å². The van der Waals surface area contributed by atoms with Crippen molar-refractivity contribution < 1.29 is 18.7 Å². The highest BCUT2D eigenvalue weighted by Gasteiger charge is 2.24. The van der Waals surface area contributed by atoms with Gasteiger partial charge in [-0.05, 0) is 49.4 Å². The van der Waals surface area contributed by atoms with Crippen molar-refractivity contribution in [3.8, 4) is 11.4 Å². The zero-order chi connectivity index (χ0) is 19.0. The number of ether oxygens (including phenoxy) is 1. The number of nitrogens with zero attached hydrogens (tertiary/aromatic N) is 2. The van der Waals surface area contributed by atoms with Gasteiger partial charge < -0.3 is 15.4 Å². The van der Waals surface area contributed by atoms with E-state index in [2.05, 4.69) is 15.6 Å². The Morgan fingerprint density at radius 3 is 2.81 bits per heavy atom. The number of anilines is 2. The third-order valence-corrected chi connectivity index (χ3v) is 4.14. The van der Waals surface area contributed by atoms with Crippen LogP contribution in [0.5, 0.6) is 5.75 Å². The van der Waals surface area contributed by atoms with Crippen molar-refractivity contribution in [2.45, 2.75) is 13.0 Å². The Balaban J connectivity index is 1.57. The Kier molecular flexibility index (Phi) is 4.08. The van der Waals surface area contributed by atoms with Crippen LogP contribution in [0.15, 0.2) is 55.0 Å². The lowest BCUT2D eigenvalue weighted by molar-refractivity contribution is -0.122. The molecule has 7 nitrogen and oxygen atoms in total. The number of imidazole rings is 1. The molecule has 0 saturated carbocycles. The topological polar surface area (TPSA) is 85.2 Å². The van der Waals surface area contributed by atoms with Crippen LogP contribution in [0.4, 0.5) is 15.8 Å². The lowest BCUT2D eigenvalue weighted by atomic mass is 10.2. The number of carbonyl (C=O) groups is 2. The molecule has 0 spiro atoms.